The van der Waals surface area contributed by atoms with Gasteiger partial charge in [-0.1, -0.05) is 5.11 Å². The van der Waals surface area contributed by atoms with Crippen molar-refractivity contribution < 1.29 is 14.2 Å². The molecule has 2 saturated heterocycles. The second kappa shape index (κ2) is 3.40. The lowest BCUT2D eigenvalue weighted by atomic mass is 10.1. The van der Waals surface area contributed by atoms with Gasteiger partial charge in [-0.15, -0.1) is 0 Å². The highest BCUT2D eigenvalue weighted by molar-refractivity contribution is 4.89. The van der Waals surface area contributed by atoms with E-state index in [9.17, 15) is 0 Å². The van der Waals surface area contributed by atoms with Crippen LogP contribution >= 0.6 is 0 Å². The molecule has 2 fully saturated rings. The van der Waals surface area contributed by atoms with Gasteiger partial charge in [-0.05, 0) is 25.8 Å². The Morgan fingerprint density at radius 3 is 2.93 bits per heavy atom. The predicted molar refractivity (Wildman–Crippen MR) is 47.3 cm³/mol. The fraction of sp³-hybridized carbons (Fsp3) is 1.00. The molecule has 2 heterocycles. The Bertz CT molecular complexity index is 275. The molecular formula is C8H13N3O3. The number of rotatable bonds is 1. The van der Waals surface area contributed by atoms with Crippen LogP contribution in [0.4, 0.5) is 0 Å². The smallest absolute Gasteiger partial charge is 0.187 e. The molecular weight excluding hydrogens is 186 g/mol. The lowest BCUT2D eigenvalue weighted by Gasteiger charge is -2.27. The summed E-state index contributed by atoms with van der Waals surface area (Å²) in [4.78, 5) is 2.80. The summed E-state index contributed by atoms with van der Waals surface area (Å²) in [6.07, 6.45) is 0.0221. The van der Waals surface area contributed by atoms with Crippen molar-refractivity contribution in [2.24, 2.45) is 5.11 Å². The Balaban J connectivity index is 2.14. The summed E-state index contributed by atoms with van der Waals surface area (Å²) in [5.74, 6) is -0.650. The molecule has 6 heteroatoms. The maximum absolute atomic E-state index is 8.39. The van der Waals surface area contributed by atoms with Gasteiger partial charge in [0.2, 0.25) is 0 Å². The molecule has 0 N–H and O–H groups in total. The van der Waals surface area contributed by atoms with Gasteiger partial charge in [0.05, 0.1) is 12.6 Å². The lowest BCUT2D eigenvalue weighted by Crippen LogP contribution is -2.41. The molecule has 0 amide bonds. The first-order valence-corrected chi connectivity index (χ1v) is 4.64. The van der Waals surface area contributed by atoms with Crippen molar-refractivity contribution in [3.8, 4) is 0 Å². The van der Waals surface area contributed by atoms with Crippen LogP contribution in [0.25, 0.3) is 10.4 Å². The van der Waals surface area contributed by atoms with E-state index in [0.717, 1.165) is 0 Å². The number of fused-ring (bicyclic) bond motifs is 1. The number of ether oxygens (including phenoxy) is 3. The van der Waals surface area contributed by atoms with Crippen molar-refractivity contribution in [1.82, 2.24) is 0 Å². The summed E-state index contributed by atoms with van der Waals surface area (Å²) in [6, 6.07) is -0.180. The van der Waals surface area contributed by atoms with Gasteiger partial charge >= 0.3 is 0 Å². The Hall–Kier alpha value is -0.810. The van der Waals surface area contributed by atoms with Crippen molar-refractivity contribution in [1.29, 1.82) is 0 Å². The van der Waals surface area contributed by atoms with Crippen LogP contribution in [-0.2, 0) is 14.2 Å². The summed E-state index contributed by atoms with van der Waals surface area (Å²) in [6.45, 7) is 4.19. The topological polar surface area (TPSA) is 76.5 Å². The molecule has 0 radical (unpaired) electrons. The van der Waals surface area contributed by atoms with Crippen LogP contribution in [0.3, 0.4) is 0 Å². The van der Waals surface area contributed by atoms with E-state index >= 15 is 0 Å². The van der Waals surface area contributed by atoms with Crippen LogP contribution in [0, 0.1) is 0 Å². The minimum absolute atomic E-state index is 0.180. The summed E-state index contributed by atoms with van der Waals surface area (Å²) >= 11 is 0. The third-order valence-corrected chi connectivity index (χ3v) is 2.36. The third kappa shape index (κ3) is 1.69. The van der Waals surface area contributed by atoms with Crippen LogP contribution in [0.15, 0.2) is 5.11 Å². The van der Waals surface area contributed by atoms with Crippen molar-refractivity contribution >= 4 is 0 Å². The molecule has 3 unspecified atom stereocenters. The summed E-state index contributed by atoms with van der Waals surface area (Å²) < 4.78 is 16.5. The normalized spacial score (nSPS) is 40.0. The first-order chi connectivity index (χ1) is 6.62. The van der Waals surface area contributed by atoms with Gasteiger partial charge in [-0.25, -0.2) is 0 Å². The quantitative estimate of drug-likeness (QED) is 0.365. The average molecular weight is 199 g/mol. The highest BCUT2D eigenvalue weighted by Gasteiger charge is 2.47. The predicted octanol–water partition coefficient (Wildman–Crippen LogP) is 1.56. The molecule has 0 aromatic carbocycles. The zero-order valence-corrected chi connectivity index (χ0v) is 8.21. The van der Waals surface area contributed by atoms with Crippen LogP contribution in [-0.4, -0.2) is 30.8 Å². The van der Waals surface area contributed by atoms with Gasteiger partial charge in [-0.3, -0.25) is 0 Å². The fourth-order valence-corrected chi connectivity index (χ4v) is 1.81. The third-order valence-electron chi connectivity index (χ3n) is 2.36. The van der Waals surface area contributed by atoms with Crippen molar-refractivity contribution in [3.63, 3.8) is 0 Å². The van der Waals surface area contributed by atoms with E-state index in [4.69, 9.17) is 19.7 Å². The van der Waals surface area contributed by atoms with E-state index in [-0.39, 0.29) is 12.1 Å². The molecule has 14 heavy (non-hydrogen) atoms. The molecule has 6 nitrogen and oxygen atoms in total. The van der Waals surface area contributed by atoms with Gasteiger partial charge in [0, 0.05) is 4.91 Å². The molecule has 2 aliphatic rings. The second-order valence-electron chi connectivity index (χ2n) is 3.90. The van der Waals surface area contributed by atoms with Gasteiger partial charge in [0.1, 0.15) is 6.10 Å². The average Bonchev–Trinajstić information content (AvgIpc) is 2.41. The standard InChI is InChI=1S/C8H13N3O3/c1-8(2)13-6-5(10-11-9)3-4-12-7(6)14-8/h5-7H,3-4H2,1-2H3. The summed E-state index contributed by atoms with van der Waals surface area (Å²) in [7, 11) is 0. The zero-order valence-electron chi connectivity index (χ0n) is 8.21. The van der Waals surface area contributed by atoms with Crippen LogP contribution < -0.4 is 0 Å². The number of azide groups is 1. The van der Waals surface area contributed by atoms with E-state index in [2.05, 4.69) is 10.0 Å². The molecule has 78 valence electrons. The van der Waals surface area contributed by atoms with Crippen LogP contribution in [0.1, 0.15) is 20.3 Å². The van der Waals surface area contributed by atoms with Gasteiger partial charge in [0.25, 0.3) is 0 Å². The molecule has 0 aliphatic carbocycles. The number of hydrogen-bond donors (Lipinski definition) is 0. The number of hydrogen-bond acceptors (Lipinski definition) is 4. The molecule has 0 saturated carbocycles. The van der Waals surface area contributed by atoms with Gasteiger partial charge in [0.15, 0.2) is 12.1 Å². The largest absolute Gasteiger partial charge is 0.350 e. The van der Waals surface area contributed by atoms with E-state index in [1.54, 1.807) is 0 Å². The summed E-state index contributed by atoms with van der Waals surface area (Å²) in [5, 5.41) is 3.69. The maximum Gasteiger partial charge on any atom is 0.187 e. The molecule has 0 aromatic heterocycles. The molecule has 0 bridgehead atoms. The second-order valence-corrected chi connectivity index (χ2v) is 3.90. The van der Waals surface area contributed by atoms with Gasteiger partial charge in [-0.2, -0.15) is 0 Å². The Morgan fingerprint density at radius 2 is 2.21 bits per heavy atom. The van der Waals surface area contributed by atoms with Crippen molar-refractivity contribution in [3.05, 3.63) is 10.4 Å². The molecule has 0 spiro atoms. The lowest BCUT2D eigenvalue weighted by molar-refractivity contribution is -0.191. The molecule has 2 rings (SSSR count). The molecule has 3 atom stereocenters. The Morgan fingerprint density at radius 1 is 1.43 bits per heavy atom. The highest BCUT2D eigenvalue weighted by Crippen LogP contribution is 2.35. The Kier molecular flexibility index (Phi) is 2.36. The minimum atomic E-state index is -0.650. The maximum atomic E-state index is 8.39. The molecule has 0 aromatic rings. The van der Waals surface area contributed by atoms with Crippen LogP contribution in [0.2, 0.25) is 0 Å². The highest BCUT2D eigenvalue weighted by atomic mass is 16.8. The monoisotopic (exact) mass is 199 g/mol. The van der Waals surface area contributed by atoms with E-state index in [0.29, 0.717) is 13.0 Å². The van der Waals surface area contributed by atoms with E-state index in [1.165, 1.54) is 0 Å². The van der Waals surface area contributed by atoms with Crippen molar-refractivity contribution in [2.75, 3.05) is 6.61 Å². The summed E-state index contributed by atoms with van der Waals surface area (Å²) in [5.41, 5.74) is 8.39. The van der Waals surface area contributed by atoms with Crippen molar-refractivity contribution in [2.45, 2.75) is 44.5 Å². The van der Waals surface area contributed by atoms with Gasteiger partial charge < -0.3 is 14.2 Å². The van der Waals surface area contributed by atoms with E-state index < -0.39 is 12.1 Å². The zero-order chi connectivity index (χ0) is 10.2. The SMILES string of the molecule is CC1(C)OC2OCCC(N=[N+]=[N-])C2O1. The molecule has 2 aliphatic heterocycles. The minimum Gasteiger partial charge on any atom is -0.350 e. The first kappa shape index (κ1) is 9.73. The van der Waals surface area contributed by atoms with E-state index in [1.807, 2.05) is 13.8 Å². The Labute approximate surface area is 81.8 Å². The number of nitrogens with zero attached hydrogens (tertiary/aromatic N) is 3. The first-order valence-electron chi connectivity index (χ1n) is 4.64. The van der Waals surface area contributed by atoms with Crippen LogP contribution in [0.5, 0.6) is 0 Å². The fourth-order valence-electron chi connectivity index (χ4n) is 1.81.